The number of hydrogen-bond acceptors (Lipinski definition) is 5. The summed E-state index contributed by atoms with van der Waals surface area (Å²) in [5, 5.41) is 9.84. The summed E-state index contributed by atoms with van der Waals surface area (Å²) in [6, 6.07) is 10.7. The first-order valence-corrected chi connectivity index (χ1v) is 12.8. The highest BCUT2D eigenvalue weighted by molar-refractivity contribution is 7.14. The van der Waals surface area contributed by atoms with Crippen molar-refractivity contribution in [2.45, 2.75) is 46.2 Å². The van der Waals surface area contributed by atoms with Crippen LogP contribution in [-0.2, 0) is 25.6 Å². The number of carbonyl (C=O) groups excluding carboxylic acids is 1. The largest absolute Gasteiger partial charge is 0.328 e. The summed E-state index contributed by atoms with van der Waals surface area (Å²) in [5.74, 6) is 0.0911. The normalized spacial score (nSPS) is 13.7. The Morgan fingerprint density at radius 2 is 1.86 bits per heavy atom. The smallest absolute Gasteiger partial charge is 0.266 e. The first-order chi connectivity index (χ1) is 17.2. The molecule has 1 aromatic carbocycles. The number of rotatable bonds is 4. The summed E-state index contributed by atoms with van der Waals surface area (Å²) in [6.07, 6.45) is 7.74. The molecule has 36 heavy (non-hydrogen) atoms. The number of aryl methyl sites for hydroxylation is 2. The van der Waals surface area contributed by atoms with Crippen LogP contribution in [0.1, 0.15) is 52.3 Å². The van der Waals surface area contributed by atoms with Crippen molar-refractivity contribution in [3.8, 4) is 22.3 Å². The van der Waals surface area contributed by atoms with Gasteiger partial charge < -0.3 is 4.90 Å². The fraction of sp³-hybridized carbons (Fsp3) is 0.286. The quantitative estimate of drug-likeness (QED) is 0.324. The fourth-order valence-electron chi connectivity index (χ4n) is 4.70. The van der Waals surface area contributed by atoms with E-state index in [4.69, 9.17) is 4.98 Å². The lowest BCUT2D eigenvalue weighted by molar-refractivity contribution is 0.0769. The Balaban J connectivity index is 1.26. The molecule has 0 saturated carbocycles. The molecule has 4 aromatic heterocycles. The van der Waals surface area contributed by atoms with E-state index in [1.165, 1.54) is 0 Å². The second-order valence-corrected chi connectivity index (χ2v) is 11.6. The molecular formula is C28H28N6OS. The lowest BCUT2D eigenvalue weighted by Gasteiger charge is -2.19. The average Bonchev–Trinajstić information content (AvgIpc) is 3.59. The predicted octanol–water partition coefficient (Wildman–Crippen LogP) is 5.62. The Hall–Kier alpha value is -3.78. The van der Waals surface area contributed by atoms with E-state index in [1.807, 2.05) is 41.3 Å². The molecule has 5 aromatic rings. The van der Waals surface area contributed by atoms with E-state index in [2.05, 4.69) is 68.2 Å². The summed E-state index contributed by atoms with van der Waals surface area (Å²) in [5.41, 5.74) is 8.63. The Labute approximate surface area is 214 Å². The SMILES string of the molecule is Cc1cc(-c2ccnn3cc(-c4cnn(C)c4)cc23)ccc1CN1Cc2nc(C(C)(C)C)sc2C1=O. The van der Waals surface area contributed by atoms with Crippen molar-refractivity contribution < 1.29 is 4.79 Å². The van der Waals surface area contributed by atoms with Crippen molar-refractivity contribution in [1.29, 1.82) is 0 Å². The third kappa shape index (κ3) is 3.82. The number of nitrogens with zero attached hydrogens (tertiary/aromatic N) is 6. The first kappa shape index (κ1) is 22.7. The molecule has 0 N–H and O–H groups in total. The van der Waals surface area contributed by atoms with Gasteiger partial charge in [-0.2, -0.15) is 10.2 Å². The summed E-state index contributed by atoms with van der Waals surface area (Å²) in [4.78, 5) is 20.6. The highest BCUT2D eigenvalue weighted by Crippen LogP contribution is 2.35. The zero-order valence-corrected chi connectivity index (χ0v) is 21.9. The van der Waals surface area contributed by atoms with Crippen LogP contribution < -0.4 is 0 Å². The van der Waals surface area contributed by atoms with Gasteiger partial charge in [-0.15, -0.1) is 11.3 Å². The lowest BCUT2D eigenvalue weighted by atomic mass is 9.98. The number of fused-ring (bicyclic) bond motifs is 2. The molecule has 1 aliphatic rings. The highest BCUT2D eigenvalue weighted by Gasteiger charge is 2.34. The second kappa shape index (κ2) is 8.13. The zero-order chi connectivity index (χ0) is 25.2. The monoisotopic (exact) mass is 496 g/mol. The summed E-state index contributed by atoms with van der Waals surface area (Å²) in [6.45, 7) is 9.69. The Morgan fingerprint density at radius 1 is 1.03 bits per heavy atom. The third-order valence-corrected chi connectivity index (χ3v) is 8.23. The van der Waals surface area contributed by atoms with Crippen molar-refractivity contribution in [2.24, 2.45) is 7.05 Å². The second-order valence-electron chi connectivity index (χ2n) is 10.6. The van der Waals surface area contributed by atoms with Gasteiger partial charge in [-0.05, 0) is 35.7 Å². The van der Waals surface area contributed by atoms with E-state index in [-0.39, 0.29) is 11.3 Å². The summed E-state index contributed by atoms with van der Waals surface area (Å²) < 4.78 is 3.72. The van der Waals surface area contributed by atoms with Crippen LogP contribution in [0.25, 0.3) is 27.8 Å². The number of thiazole rings is 1. The molecule has 0 unspecified atom stereocenters. The van der Waals surface area contributed by atoms with Gasteiger partial charge in [0.1, 0.15) is 4.88 Å². The van der Waals surface area contributed by atoms with E-state index in [0.717, 1.165) is 54.5 Å². The van der Waals surface area contributed by atoms with Gasteiger partial charge in [0, 0.05) is 54.3 Å². The van der Waals surface area contributed by atoms with Gasteiger partial charge in [0.05, 0.1) is 29.0 Å². The van der Waals surface area contributed by atoms with Gasteiger partial charge in [-0.25, -0.2) is 9.50 Å². The van der Waals surface area contributed by atoms with Gasteiger partial charge in [0.25, 0.3) is 5.91 Å². The Bertz CT molecular complexity index is 1630. The van der Waals surface area contributed by atoms with Crippen LogP contribution in [0.15, 0.2) is 55.1 Å². The van der Waals surface area contributed by atoms with Crippen LogP contribution in [0.5, 0.6) is 0 Å². The van der Waals surface area contributed by atoms with Gasteiger partial charge in [-0.1, -0.05) is 39.0 Å². The van der Waals surface area contributed by atoms with Crippen molar-refractivity contribution in [3.05, 3.63) is 81.8 Å². The minimum Gasteiger partial charge on any atom is -0.328 e. The van der Waals surface area contributed by atoms with Crippen LogP contribution in [0.2, 0.25) is 0 Å². The predicted molar refractivity (Wildman–Crippen MR) is 142 cm³/mol. The average molecular weight is 497 g/mol. The van der Waals surface area contributed by atoms with Crippen LogP contribution in [-0.4, -0.2) is 35.2 Å². The maximum atomic E-state index is 13.1. The third-order valence-electron chi connectivity index (χ3n) is 6.72. The molecule has 8 heteroatoms. The zero-order valence-electron chi connectivity index (χ0n) is 21.1. The Morgan fingerprint density at radius 3 is 2.56 bits per heavy atom. The number of benzene rings is 1. The Kier molecular flexibility index (Phi) is 5.12. The molecule has 0 atom stereocenters. The van der Waals surface area contributed by atoms with Gasteiger partial charge >= 0.3 is 0 Å². The van der Waals surface area contributed by atoms with Crippen molar-refractivity contribution in [2.75, 3.05) is 0 Å². The van der Waals surface area contributed by atoms with Crippen molar-refractivity contribution in [1.82, 2.24) is 29.3 Å². The topological polar surface area (TPSA) is 68.3 Å². The van der Waals surface area contributed by atoms with Gasteiger partial charge in [-0.3, -0.25) is 9.48 Å². The molecule has 1 amide bonds. The van der Waals surface area contributed by atoms with Crippen LogP contribution >= 0.6 is 11.3 Å². The first-order valence-electron chi connectivity index (χ1n) is 12.0. The molecule has 5 heterocycles. The van der Waals surface area contributed by atoms with Crippen LogP contribution in [0.3, 0.4) is 0 Å². The molecule has 0 radical (unpaired) electrons. The maximum Gasteiger partial charge on any atom is 0.266 e. The lowest BCUT2D eigenvalue weighted by Crippen LogP contribution is -2.24. The number of aromatic nitrogens is 5. The molecule has 0 aliphatic carbocycles. The van der Waals surface area contributed by atoms with E-state index in [9.17, 15) is 4.79 Å². The van der Waals surface area contributed by atoms with E-state index in [0.29, 0.717) is 13.1 Å². The maximum absolute atomic E-state index is 13.1. The highest BCUT2D eigenvalue weighted by atomic mass is 32.1. The molecule has 0 bridgehead atoms. The summed E-state index contributed by atoms with van der Waals surface area (Å²) in [7, 11) is 1.92. The molecular weight excluding hydrogens is 468 g/mol. The number of carbonyl (C=O) groups is 1. The minimum absolute atomic E-state index is 0.0380. The molecule has 0 fully saturated rings. The standard InChI is InChI=1S/C28H28N6OS/c1-17-10-18(22-8-9-29-34-15-20(11-24(22)34)21-12-30-32(5)13-21)6-7-19(17)14-33-16-23-25(26(33)35)36-27(31-23)28(2,3)4/h6-13,15H,14,16H2,1-5H3. The van der Waals surface area contributed by atoms with Gasteiger partial charge in [0.15, 0.2) is 0 Å². The summed E-state index contributed by atoms with van der Waals surface area (Å²) >= 11 is 1.54. The number of amides is 1. The molecule has 0 saturated heterocycles. The number of hydrogen-bond donors (Lipinski definition) is 0. The molecule has 182 valence electrons. The molecule has 6 rings (SSSR count). The van der Waals surface area contributed by atoms with Gasteiger partial charge in [0.2, 0.25) is 0 Å². The van der Waals surface area contributed by atoms with E-state index in [1.54, 1.807) is 16.0 Å². The van der Waals surface area contributed by atoms with Crippen molar-refractivity contribution >= 4 is 22.8 Å². The van der Waals surface area contributed by atoms with Crippen molar-refractivity contribution in [3.63, 3.8) is 0 Å². The van der Waals surface area contributed by atoms with E-state index < -0.39 is 0 Å². The minimum atomic E-state index is -0.0380. The molecule has 0 spiro atoms. The van der Waals surface area contributed by atoms with E-state index >= 15 is 0 Å². The van der Waals surface area contributed by atoms with Crippen LogP contribution in [0, 0.1) is 6.92 Å². The molecule has 7 nitrogen and oxygen atoms in total. The molecule has 1 aliphatic heterocycles. The van der Waals surface area contributed by atoms with Crippen LogP contribution in [0.4, 0.5) is 0 Å². The fourth-order valence-corrected chi connectivity index (χ4v) is 5.80.